The molecule has 1 atom stereocenters. The van der Waals surface area contributed by atoms with E-state index in [0.29, 0.717) is 12.2 Å². The molecule has 0 aromatic carbocycles. The summed E-state index contributed by atoms with van der Waals surface area (Å²) in [6.07, 6.45) is 0.463. The number of nitrogens with one attached hydrogen (secondary N) is 1. The topological polar surface area (TPSA) is 42.0 Å². The van der Waals surface area contributed by atoms with Crippen molar-refractivity contribution in [1.82, 2.24) is 10.3 Å². The van der Waals surface area contributed by atoms with Gasteiger partial charge in [-0.2, -0.15) is 12.6 Å². The van der Waals surface area contributed by atoms with E-state index in [1.165, 1.54) is 0 Å². The van der Waals surface area contributed by atoms with Crippen LogP contribution in [0.25, 0.3) is 0 Å². The minimum atomic E-state index is 0.0444. The highest BCUT2D eigenvalue weighted by Gasteiger charge is 2.14. The minimum Gasteiger partial charge on any atom is -0.349 e. The molecular formula is C10H16N2OS2. The number of hydrogen-bond donors (Lipinski definition) is 2. The van der Waals surface area contributed by atoms with E-state index in [-0.39, 0.29) is 11.9 Å². The number of hydrogen-bond acceptors (Lipinski definition) is 4. The van der Waals surface area contributed by atoms with Gasteiger partial charge in [-0.1, -0.05) is 0 Å². The number of amides is 1. The third-order valence-corrected chi connectivity index (χ3v) is 3.53. The van der Waals surface area contributed by atoms with Crippen LogP contribution in [0, 0.1) is 13.8 Å². The molecule has 1 amide bonds. The molecule has 1 aromatic heterocycles. The van der Waals surface area contributed by atoms with Crippen molar-refractivity contribution < 1.29 is 4.79 Å². The molecule has 0 saturated heterocycles. The van der Waals surface area contributed by atoms with Crippen molar-refractivity contribution >= 4 is 29.9 Å². The summed E-state index contributed by atoms with van der Waals surface area (Å²) in [6, 6.07) is 0.0450. The van der Waals surface area contributed by atoms with Crippen molar-refractivity contribution in [3.63, 3.8) is 0 Å². The maximum absolute atomic E-state index is 11.4. The van der Waals surface area contributed by atoms with E-state index in [0.717, 1.165) is 15.6 Å². The lowest BCUT2D eigenvalue weighted by atomic mass is 10.2. The van der Waals surface area contributed by atoms with Gasteiger partial charge in [-0.05, 0) is 26.5 Å². The van der Waals surface area contributed by atoms with E-state index in [2.05, 4.69) is 22.9 Å². The summed E-state index contributed by atoms with van der Waals surface area (Å²) >= 11 is 5.66. The first kappa shape index (κ1) is 12.5. The summed E-state index contributed by atoms with van der Waals surface area (Å²) < 4.78 is 0. The molecular weight excluding hydrogens is 228 g/mol. The third-order valence-electron chi connectivity index (χ3n) is 2.05. The molecule has 5 heteroatoms. The Morgan fingerprint density at radius 3 is 2.73 bits per heavy atom. The van der Waals surface area contributed by atoms with Crippen LogP contribution in [-0.4, -0.2) is 16.6 Å². The number of thiazole rings is 1. The highest BCUT2D eigenvalue weighted by molar-refractivity contribution is 7.80. The fourth-order valence-electron chi connectivity index (χ4n) is 1.43. The second-order valence-electron chi connectivity index (χ2n) is 3.45. The third kappa shape index (κ3) is 3.50. The molecule has 1 rings (SSSR count). The Bertz CT molecular complexity index is 349. The van der Waals surface area contributed by atoms with Crippen LogP contribution < -0.4 is 5.32 Å². The van der Waals surface area contributed by atoms with Crippen molar-refractivity contribution in [2.45, 2.75) is 33.2 Å². The molecule has 0 aliphatic heterocycles. The Labute approximate surface area is 99.7 Å². The van der Waals surface area contributed by atoms with E-state index in [4.69, 9.17) is 0 Å². The first-order chi connectivity index (χ1) is 7.04. The summed E-state index contributed by atoms with van der Waals surface area (Å²) in [5.41, 5.74) is 1.01. The Morgan fingerprint density at radius 2 is 2.27 bits per heavy atom. The van der Waals surface area contributed by atoms with E-state index in [1.807, 2.05) is 20.8 Å². The molecule has 1 heterocycles. The summed E-state index contributed by atoms with van der Waals surface area (Å²) in [4.78, 5) is 16.8. The quantitative estimate of drug-likeness (QED) is 0.798. The second-order valence-corrected chi connectivity index (χ2v) is 5.13. The summed E-state index contributed by atoms with van der Waals surface area (Å²) in [7, 11) is 0. The molecule has 1 aromatic rings. The smallest absolute Gasteiger partial charge is 0.221 e. The zero-order chi connectivity index (χ0) is 11.4. The number of carbonyl (C=O) groups is 1. The predicted molar refractivity (Wildman–Crippen MR) is 66.6 cm³/mol. The summed E-state index contributed by atoms with van der Waals surface area (Å²) in [5, 5.41) is 3.97. The van der Waals surface area contributed by atoms with E-state index >= 15 is 0 Å². The molecule has 0 fully saturated rings. The molecule has 3 nitrogen and oxygen atoms in total. The first-order valence-corrected chi connectivity index (χ1v) is 6.33. The lowest BCUT2D eigenvalue weighted by Crippen LogP contribution is -2.26. The molecule has 0 spiro atoms. The number of thiol groups is 1. The van der Waals surface area contributed by atoms with Crippen molar-refractivity contribution in [3.8, 4) is 0 Å². The van der Waals surface area contributed by atoms with Crippen LogP contribution in [0.4, 0.5) is 0 Å². The van der Waals surface area contributed by atoms with E-state index in [1.54, 1.807) is 11.3 Å². The number of aryl methyl sites for hydroxylation is 2. The minimum absolute atomic E-state index is 0.0444. The highest BCUT2D eigenvalue weighted by Crippen LogP contribution is 2.24. The van der Waals surface area contributed by atoms with E-state index < -0.39 is 0 Å². The maximum Gasteiger partial charge on any atom is 0.221 e. The zero-order valence-corrected chi connectivity index (χ0v) is 10.9. The van der Waals surface area contributed by atoms with Gasteiger partial charge in [0.15, 0.2) is 0 Å². The fraction of sp³-hybridized carbons (Fsp3) is 0.600. The van der Waals surface area contributed by atoms with Crippen LogP contribution in [0.5, 0.6) is 0 Å². The van der Waals surface area contributed by atoms with Gasteiger partial charge in [0.2, 0.25) is 5.91 Å². The fourth-order valence-corrected chi connectivity index (χ4v) is 2.56. The molecule has 1 N–H and O–H groups in total. The Hall–Kier alpha value is -0.550. The Morgan fingerprint density at radius 1 is 1.60 bits per heavy atom. The number of nitrogens with zero attached hydrogens (tertiary/aromatic N) is 1. The summed E-state index contributed by atoms with van der Waals surface area (Å²) in [5.74, 6) is 0.627. The van der Waals surface area contributed by atoms with Gasteiger partial charge in [-0.3, -0.25) is 4.79 Å². The van der Waals surface area contributed by atoms with Crippen LogP contribution in [0.3, 0.4) is 0 Å². The maximum atomic E-state index is 11.4. The van der Waals surface area contributed by atoms with Crippen LogP contribution in [0.2, 0.25) is 0 Å². The molecule has 84 valence electrons. The van der Waals surface area contributed by atoms with Crippen molar-refractivity contribution in [1.29, 1.82) is 0 Å². The van der Waals surface area contributed by atoms with Gasteiger partial charge >= 0.3 is 0 Å². The van der Waals surface area contributed by atoms with Crippen LogP contribution in [-0.2, 0) is 4.79 Å². The molecule has 0 aliphatic rings. The molecule has 0 bridgehead atoms. The van der Waals surface area contributed by atoms with Gasteiger partial charge < -0.3 is 5.32 Å². The van der Waals surface area contributed by atoms with Crippen LogP contribution in [0.15, 0.2) is 0 Å². The average Bonchev–Trinajstić information content (AvgIpc) is 2.45. The standard InChI is InChI=1S/C10H16N2OS2/c1-6-10(15-8(3)11-6)7(2)12-9(13)4-5-14/h7,14H,4-5H2,1-3H3,(H,12,13). The van der Waals surface area contributed by atoms with Gasteiger partial charge in [0, 0.05) is 11.3 Å². The first-order valence-electron chi connectivity index (χ1n) is 4.88. The lowest BCUT2D eigenvalue weighted by molar-refractivity contribution is -0.121. The predicted octanol–water partition coefficient (Wildman–Crippen LogP) is 2.26. The molecule has 0 saturated carbocycles. The van der Waals surface area contributed by atoms with Crippen molar-refractivity contribution in [3.05, 3.63) is 15.6 Å². The normalized spacial score (nSPS) is 12.5. The van der Waals surface area contributed by atoms with Crippen molar-refractivity contribution in [2.75, 3.05) is 5.75 Å². The SMILES string of the molecule is Cc1nc(C)c(C(C)NC(=O)CCS)s1. The Kier molecular flexibility index (Phi) is 4.60. The molecule has 15 heavy (non-hydrogen) atoms. The van der Waals surface area contributed by atoms with Crippen LogP contribution in [0.1, 0.15) is 35.0 Å². The molecule has 0 radical (unpaired) electrons. The van der Waals surface area contributed by atoms with Gasteiger partial charge in [-0.15, -0.1) is 11.3 Å². The van der Waals surface area contributed by atoms with Gasteiger partial charge in [0.25, 0.3) is 0 Å². The van der Waals surface area contributed by atoms with E-state index in [9.17, 15) is 4.79 Å². The molecule has 1 unspecified atom stereocenters. The average molecular weight is 244 g/mol. The molecule has 0 aliphatic carbocycles. The summed E-state index contributed by atoms with van der Waals surface area (Å²) in [6.45, 7) is 5.93. The zero-order valence-electron chi connectivity index (χ0n) is 9.20. The highest BCUT2D eigenvalue weighted by atomic mass is 32.1. The van der Waals surface area contributed by atoms with Crippen LogP contribution >= 0.6 is 24.0 Å². The van der Waals surface area contributed by atoms with Crippen molar-refractivity contribution in [2.24, 2.45) is 0 Å². The number of rotatable bonds is 4. The van der Waals surface area contributed by atoms with Gasteiger partial charge in [0.1, 0.15) is 0 Å². The Balaban J connectivity index is 2.64. The largest absolute Gasteiger partial charge is 0.349 e. The monoisotopic (exact) mass is 244 g/mol. The number of carbonyl (C=O) groups excluding carboxylic acids is 1. The van der Waals surface area contributed by atoms with Gasteiger partial charge in [0.05, 0.1) is 16.7 Å². The second kappa shape index (κ2) is 5.51. The lowest BCUT2D eigenvalue weighted by Gasteiger charge is -2.12. The number of aromatic nitrogens is 1. The van der Waals surface area contributed by atoms with Gasteiger partial charge in [-0.25, -0.2) is 4.98 Å².